The molecule has 2 N–H and O–H groups in total. The van der Waals surface area contributed by atoms with E-state index in [9.17, 15) is 19.0 Å². The van der Waals surface area contributed by atoms with Gasteiger partial charge in [0.05, 0.1) is 13.5 Å². The van der Waals surface area contributed by atoms with E-state index in [1.165, 1.54) is 7.11 Å². The fourth-order valence-electron chi connectivity index (χ4n) is 2.18. The maximum atomic E-state index is 12.6. The topological polar surface area (TPSA) is 102 Å². The third kappa shape index (κ3) is 8.18. The number of hydrogen-bond acceptors (Lipinski definition) is 5. The Kier molecular flexibility index (Phi) is 8.66. The SMILES string of the molecule is COC(=O)CCP(=O)(O)[C@H](CC(C)C)NC(=O)OCc1ccccc1. The lowest BCUT2D eigenvalue weighted by atomic mass is 10.1. The Labute approximate surface area is 148 Å². The Balaban J connectivity index is 2.65. The van der Waals surface area contributed by atoms with Gasteiger partial charge in [-0.2, -0.15) is 0 Å². The van der Waals surface area contributed by atoms with Crippen molar-refractivity contribution in [1.82, 2.24) is 5.32 Å². The molecule has 0 aromatic heterocycles. The summed E-state index contributed by atoms with van der Waals surface area (Å²) in [5.41, 5.74) is 0.816. The van der Waals surface area contributed by atoms with Crippen LogP contribution in [0.4, 0.5) is 4.79 Å². The molecule has 0 aliphatic carbocycles. The molecule has 1 rings (SSSR count). The van der Waals surface area contributed by atoms with Gasteiger partial charge in [0.25, 0.3) is 0 Å². The molecule has 0 aliphatic heterocycles. The second-order valence-corrected chi connectivity index (χ2v) is 8.74. The largest absolute Gasteiger partial charge is 0.469 e. The Morgan fingerprint density at radius 1 is 1.24 bits per heavy atom. The van der Waals surface area contributed by atoms with Crippen LogP contribution >= 0.6 is 7.37 Å². The number of nitrogens with one attached hydrogen (secondary N) is 1. The predicted octanol–water partition coefficient (Wildman–Crippen LogP) is 3.12. The van der Waals surface area contributed by atoms with Crippen LogP contribution in [0.3, 0.4) is 0 Å². The van der Waals surface area contributed by atoms with E-state index in [1.54, 1.807) is 0 Å². The van der Waals surface area contributed by atoms with Crippen LogP contribution in [0, 0.1) is 5.92 Å². The molecule has 1 unspecified atom stereocenters. The summed E-state index contributed by atoms with van der Waals surface area (Å²) in [5, 5.41) is 2.47. The number of rotatable bonds is 9. The van der Waals surface area contributed by atoms with Crippen molar-refractivity contribution in [2.24, 2.45) is 5.92 Å². The van der Waals surface area contributed by atoms with Gasteiger partial charge in [0.2, 0.25) is 7.37 Å². The Hall–Kier alpha value is -1.85. The van der Waals surface area contributed by atoms with Gasteiger partial charge in [-0.3, -0.25) is 9.36 Å². The molecular formula is C17H26NO6P. The standard InChI is InChI=1S/C17H26NO6P/c1-13(2)11-15(25(21,22)10-9-16(19)23-3)18-17(20)24-12-14-7-5-4-6-8-14/h4-8,13,15H,9-12H2,1-3H3,(H,18,20)(H,21,22)/t15-/m1/s1. The number of amides is 1. The van der Waals surface area contributed by atoms with Crippen LogP contribution in [0.25, 0.3) is 0 Å². The highest BCUT2D eigenvalue weighted by Crippen LogP contribution is 2.48. The third-order valence-electron chi connectivity index (χ3n) is 3.54. The number of hydrogen-bond donors (Lipinski definition) is 2. The number of carbonyl (C=O) groups excluding carboxylic acids is 2. The van der Waals surface area contributed by atoms with Crippen LogP contribution in [-0.2, 0) is 25.4 Å². The van der Waals surface area contributed by atoms with Gasteiger partial charge >= 0.3 is 12.1 Å². The average molecular weight is 371 g/mol. The monoisotopic (exact) mass is 371 g/mol. The first kappa shape index (κ1) is 21.2. The van der Waals surface area contributed by atoms with Gasteiger partial charge in [-0.1, -0.05) is 44.2 Å². The smallest absolute Gasteiger partial charge is 0.408 e. The van der Waals surface area contributed by atoms with Crippen molar-refractivity contribution < 1.29 is 28.5 Å². The summed E-state index contributed by atoms with van der Waals surface area (Å²) in [6.07, 6.45) is -0.896. The number of alkyl carbamates (subject to hydrolysis) is 1. The van der Waals surface area contributed by atoms with Crippen molar-refractivity contribution in [1.29, 1.82) is 0 Å². The Morgan fingerprint density at radius 2 is 1.88 bits per heavy atom. The molecule has 8 heteroatoms. The normalized spacial score (nSPS) is 14.4. The maximum absolute atomic E-state index is 12.6. The summed E-state index contributed by atoms with van der Waals surface area (Å²) in [7, 11) is -2.57. The lowest BCUT2D eigenvalue weighted by Gasteiger charge is -2.25. The molecule has 1 amide bonds. The van der Waals surface area contributed by atoms with E-state index in [2.05, 4.69) is 10.1 Å². The number of esters is 1. The number of benzene rings is 1. The summed E-state index contributed by atoms with van der Waals surface area (Å²) in [4.78, 5) is 33.5. The third-order valence-corrected chi connectivity index (χ3v) is 5.72. The Morgan fingerprint density at radius 3 is 2.44 bits per heavy atom. The summed E-state index contributed by atoms with van der Waals surface area (Å²) in [6, 6.07) is 9.13. The number of carbonyl (C=O) groups is 2. The van der Waals surface area contributed by atoms with Gasteiger partial charge in [-0.15, -0.1) is 0 Å². The molecule has 140 valence electrons. The molecule has 0 saturated carbocycles. The van der Waals surface area contributed by atoms with E-state index in [4.69, 9.17) is 4.74 Å². The highest BCUT2D eigenvalue weighted by Gasteiger charge is 2.33. The molecule has 25 heavy (non-hydrogen) atoms. The molecule has 7 nitrogen and oxygen atoms in total. The first-order chi connectivity index (χ1) is 11.7. The van der Waals surface area contributed by atoms with Crippen LogP contribution in [-0.4, -0.2) is 36.0 Å². The van der Waals surface area contributed by atoms with E-state index in [0.29, 0.717) is 6.42 Å². The first-order valence-electron chi connectivity index (χ1n) is 8.10. The molecule has 0 spiro atoms. The minimum absolute atomic E-state index is 0.0684. The van der Waals surface area contributed by atoms with E-state index in [1.807, 2.05) is 44.2 Å². The molecule has 0 heterocycles. The molecule has 2 atom stereocenters. The van der Waals surface area contributed by atoms with Gasteiger partial charge in [-0.25, -0.2) is 4.79 Å². The summed E-state index contributed by atoms with van der Waals surface area (Å²) in [5.74, 6) is -1.46. The highest BCUT2D eigenvalue weighted by atomic mass is 31.2. The second kappa shape index (κ2) is 10.2. The quantitative estimate of drug-likeness (QED) is 0.511. The maximum Gasteiger partial charge on any atom is 0.408 e. The molecule has 0 bridgehead atoms. The number of ether oxygens (including phenoxy) is 2. The summed E-state index contributed by atoms with van der Waals surface area (Å²) >= 11 is 0. The molecule has 1 aromatic carbocycles. The molecular weight excluding hydrogens is 345 g/mol. The average Bonchev–Trinajstić information content (AvgIpc) is 2.58. The van der Waals surface area contributed by atoms with Gasteiger partial charge in [0.15, 0.2) is 0 Å². The minimum atomic E-state index is -3.79. The molecule has 0 aliphatic rings. The van der Waals surface area contributed by atoms with E-state index < -0.39 is 25.2 Å². The zero-order valence-electron chi connectivity index (χ0n) is 14.8. The van der Waals surface area contributed by atoms with E-state index in [-0.39, 0.29) is 25.1 Å². The molecule has 0 fully saturated rings. The molecule has 1 aromatic rings. The Bertz CT molecular complexity index is 604. The van der Waals surface area contributed by atoms with Crippen molar-refractivity contribution in [2.45, 2.75) is 39.1 Å². The lowest BCUT2D eigenvalue weighted by Crippen LogP contribution is -2.37. The fourth-order valence-corrected chi connectivity index (χ4v) is 4.05. The first-order valence-corrected chi connectivity index (χ1v) is 10.0. The number of methoxy groups -OCH3 is 1. The van der Waals surface area contributed by atoms with Gasteiger partial charge in [-0.05, 0) is 17.9 Å². The predicted molar refractivity (Wildman–Crippen MR) is 94.3 cm³/mol. The van der Waals surface area contributed by atoms with Gasteiger partial charge in [0.1, 0.15) is 12.4 Å². The second-order valence-electron chi connectivity index (χ2n) is 6.16. The molecule has 0 radical (unpaired) electrons. The molecule has 0 saturated heterocycles. The van der Waals surface area contributed by atoms with Crippen molar-refractivity contribution in [3.63, 3.8) is 0 Å². The minimum Gasteiger partial charge on any atom is -0.469 e. The summed E-state index contributed by atoms with van der Waals surface area (Å²) in [6.45, 7) is 3.83. The van der Waals surface area contributed by atoms with Crippen molar-refractivity contribution >= 4 is 19.4 Å². The van der Waals surface area contributed by atoms with Crippen LogP contribution in [0.5, 0.6) is 0 Å². The zero-order chi connectivity index (χ0) is 18.9. The van der Waals surface area contributed by atoms with Crippen LogP contribution in [0.15, 0.2) is 30.3 Å². The zero-order valence-corrected chi connectivity index (χ0v) is 15.7. The summed E-state index contributed by atoms with van der Waals surface area (Å²) < 4.78 is 22.2. The van der Waals surface area contributed by atoms with Gasteiger partial charge < -0.3 is 19.7 Å². The lowest BCUT2D eigenvalue weighted by molar-refractivity contribution is -0.140. The van der Waals surface area contributed by atoms with Gasteiger partial charge in [0, 0.05) is 6.16 Å². The van der Waals surface area contributed by atoms with Crippen LogP contribution in [0.1, 0.15) is 32.3 Å². The van der Waals surface area contributed by atoms with Crippen molar-refractivity contribution in [2.75, 3.05) is 13.3 Å². The van der Waals surface area contributed by atoms with E-state index >= 15 is 0 Å². The highest BCUT2D eigenvalue weighted by molar-refractivity contribution is 7.58. The van der Waals surface area contributed by atoms with E-state index in [0.717, 1.165) is 5.56 Å². The van der Waals surface area contributed by atoms with Crippen LogP contribution in [0.2, 0.25) is 0 Å². The van der Waals surface area contributed by atoms with Crippen LogP contribution < -0.4 is 5.32 Å². The van der Waals surface area contributed by atoms with Crippen molar-refractivity contribution in [3.8, 4) is 0 Å². The van der Waals surface area contributed by atoms with Crippen molar-refractivity contribution in [3.05, 3.63) is 35.9 Å². The fraction of sp³-hybridized carbons (Fsp3) is 0.529.